The molecule has 18 heavy (non-hydrogen) atoms. The topological polar surface area (TPSA) is 41.9 Å². The van der Waals surface area contributed by atoms with Gasteiger partial charge in [0.25, 0.3) is 0 Å². The van der Waals surface area contributed by atoms with Crippen molar-refractivity contribution >= 4 is 21.9 Å². The summed E-state index contributed by atoms with van der Waals surface area (Å²) in [4.78, 5) is 7.48. The molecular formula is C13H21BrN4. The monoisotopic (exact) mass is 312 g/mol. The number of aromatic nitrogens is 3. The van der Waals surface area contributed by atoms with Gasteiger partial charge in [-0.3, -0.25) is 0 Å². The van der Waals surface area contributed by atoms with Gasteiger partial charge < -0.3 is 4.90 Å². The third-order valence-electron chi connectivity index (χ3n) is 3.55. The molecule has 0 atom stereocenters. The van der Waals surface area contributed by atoms with Gasteiger partial charge >= 0.3 is 0 Å². The van der Waals surface area contributed by atoms with E-state index in [9.17, 15) is 0 Å². The quantitative estimate of drug-likeness (QED) is 0.784. The zero-order valence-electron chi connectivity index (χ0n) is 11.4. The Kier molecular flexibility index (Phi) is 4.54. The van der Waals surface area contributed by atoms with Gasteiger partial charge in [0.2, 0.25) is 5.95 Å². The molecule has 5 heteroatoms. The molecule has 1 aliphatic carbocycles. The van der Waals surface area contributed by atoms with Crippen LogP contribution < -0.4 is 4.90 Å². The number of alkyl halides is 1. The Balaban J connectivity index is 2.03. The van der Waals surface area contributed by atoms with E-state index in [2.05, 4.69) is 56.9 Å². The van der Waals surface area contributed by atoms with Crippen molar-refractivity contribution in [3.63, 3.8) is 0 Å². The van der Waals surface area contributed by atoms with Crippen LogP contribution in [0.5, 0.6) is 0 Å². The smallest absolute Gasteiger partial charge is 0.245 e. The van der Waals surface area contributed by atoms with Crippen molar-refractivity contribution in [2.45, 2.75) is 44.4 Å². The third-order valence-corrected chi connectivity index (χ3v) is 4.30. The Morgan fingerprint density at radius 2 is 1.83 bits per heavy atom. The van der Waals surface area contributed by atoms with Gasteiger partial charge in [-0.15, -0.1) is 5.10 Å². The molecule has 1 fully saturated rings. The number of nitrogens with zero attached hydrogens (tertiary/aromatic N) is 4. The summed E-state index contributed by atoms with van der Waals surface area (Å²) in [5.41, 5.74) is 2.11. The predicted octanol–water partition coefficient (Wildman–Crippen LogP) is 2.61. The molecule has 100 valence electrons. The average Bonchev–Trinajstić information content (AvgIpc) is 2.35. The summed E-state index contributed by atoms with van der Waals surface area (Å²) in [5.74, 6) is 1.53. The van der Waals surface area contributed by atoms with E-state index in [0.717, 1.165) is 42.6 Å². The fraction of sp³-hybridized carbons (Fsp3) is 0.769. The summed E-state index contributed by atoms with van der Waals surface area (Å²) in [6.07, 6.45) is 4.34. The van der Waals surface area contributed by atoms with Crippen molar-refractivity contribution in [2.75, 3.05) is 18.5 Å². The van der Waals surface area contributed by atoms with Gasteiger partial charge in [-0.05, 0) is 31.6 Å². The lowest BCUT2D eigenvalue weighted by molar-refractivity contribution is 0.337. The summed E-state index contributed by atoms with van der Waals surface area (Å²) in [6.45, 7) is 5.24. The summed E-state index contributed by atoms with van der Waals surface area (Å²) < 4.78 is 0. The van der Waals surface area contributed by atoms with Crippen molar-refractivity contribution in [2.24, 2.45) is 5.92 Å². The lowest BCUT2D eigenvalue weighted by atomic mass is 9.85. The SMILES string of the molecule is CCc1nnc(N(C)CC2CC(Br)C2)nc1CC. The van der Waals surface area contributed by atoms with Crippen molar-refractivity contribution in [1.29, 1.82) is 0 Å². The van der Waals surface area contributed by atoms with E-state index in [1.807, 2.05) is 0 Å². The minimum absolute atomic E-state index is 0.712. The molecule has 0 saturated heterocycles. The maximum absolute atomic E-state index is 4.63. The van der Waals surface area contributed by atoms with Gasteiger partial charge in [0.15, 0.2) is 0 Å². The van der Waals surface area contributed by atoms with Gasteiger partial charge in [0, 0.05) is 18.4 Å². The second-order valence-corrected chi connectivity index (χ2v) is 6.32. The Labute approximate surface area is 117 Å². The first-order valence-corrected chi connectivity index (χ1v) is 7.63. The van der Waals surface area contributed by atoms with Crippen LogP contribution in [0.3, 0.4) is 0 Å². The molecule has 0 N–H and O–H groups in total. The van der Waals surface area contributed by atoms with Crippen molar-refractivity contribution in [3.05, 3.63) is 11.4 Å². The average molecular weight is 313 g/mol. The zero-order valence-corrected chi connectivity index (χ0v) is 12.9. The van der Waals surface area contributed by atoms with Crippen molar-refractivity contribution in [1.82, 2.24) is 15.2 Å². The second-order valence-electron chi connectivity index (χ2n) is 5.03. The molecule has 0 unspecified atom stereocenters. The van der Waals surface area contributed by atoms with Crippen LogP contribution in [0.4, 0.5) is 5.95 Å². The van der Waals surface area contributed by atoms with Crippen LogP contribution in [0, 0.1) is 5.92 Å². The molecule has 1 heterocycles. The molecule has 1 aromatic rings. The second kappa shape index (κ2) is 5.95. The Hall–Kier alpha value is -0.710. The molecule has 0 spiro atoms. The maximum Gasteiger partial charge on any atom is 0.245 e. The summed E-state index contributed by atoms with van der Waals surface area (Å²) in [6, 6.07) is 0. The van der Waals surface area contributed by atoms with Gasteiger partial charge in [-0.2, -0.15) is 5.10 Å². The number of hydrogen-bond acceptors (Lipinski definition) is 4. The van der Waals surface area contributed by atoms with Gasteiger partial charge in [0.1, 0.15) is 0 Å². The largest absolute Gasteiger partial charge is 0.342 e. The first-order valence-electron chi connectivity index (χ1n) is 6.71. The molecule has 0 aliphatic heterocycles. The van der Waals surface area contributed by atoms with Crippen LogP contribution >= 0.6 is 15.9 Å². The molecular weight excluding hydrogens is 292 g/mol. The van der Waals surface area contributed by atoms with Crippen molar-refractivity contribution < 1.29 is 0 Å². The van der Waals surface area contributed by atoms with Crippen molar-refractivity contribution in [3.8, 4) is 0 Å². The van der Waals surface area contributed by atoms with E-state index in [4.69, 9.17) is 0 Å². The fourth-order valence-electron chi connectivity index (χ4n) is 2.36. The summed E-state index contributed by atoms with van der Waals surface area (Å²) in [7, 11) is 2.06. The van der Waals surface area contributed by atoms with Gasteiger partial charge in [0.05, 0.1) is 11.4 Å². The molecule has 1 aliphatic rings. The maximum atomic E-state index is 4.63. The highest BCUT2D eigenvalue weighted by Crippen LogP contribution is 2.33. The summed E-state index contributed by atoms with van der Waals surface area (Å²) >= 11 is 3.63. The van der Waals surface area contributed by atoms with E-state index in [1.165, 1.54) is 12.8 Å². The van der Waals surface area contributed by atoms with Gasteiger partial charge in [-0.25, -0.2) is 4.98 Å². The van der Waals surface area contributed by atoms with Crippen LogP contribution in [0.15, 0.2) is 0 Å². The van der Waals surface area contributed by atoms with E-state index in [0.29, 0.717) is 4.83 Å². The van der Waals surface area contributed by atoms with Crippen LogP contribution in [0.25, 0.3) is 0 Å². The Bertz CT molecular complexity index is 404. The van der Waals surface area contributed by atoms with E-state index in [-0.39, 0.29) is 0 Å². The highest BCUT2D eigenvalue weighted by molar-refractivity contribution is 9.09. The lowest BCUT2D eigenvalue weighted by Crippen LogP contribution is -2.35. The van der Waals surface area contributed by atoms with E-state index < -0.39 is 0 Å². The molecule has 0 radical (unpaired) electrons. The number of rotatable bonds is 5. The molecule has 2 rings (SSSR count). The fourth-order valence-corrected chi connectivity index (χ4v) is 3.42. The Morgan fingerprint density at radius 3 is 2.39 bits per heavy atom. The minimum atomic E-state index is 0.712. The normalized spacial score (nSPS) is 22.7. The summed E-state index contributed by atoms with van der Waals surface area (Å²) in [5, 5.41) is 8.53. The highest BCUT2D eigenvalue weighted by atomic mass is 79.9. The third kappa shape index (κ3) is 2.99. The van der Waals surface area contributed by atoms with Crippen LogP contribution in [-0.2, 0) is 12.8 Å². The predicted molar refractivity (Wildman–Crippen MR) is 77.3 cm³/mol. The first-order chi connectivity index (χ1) is 8.63. The molecule has 0 amide bonds. The molecule has 0 bridgehead atoms. The number of halogens is 1. The standard InChI is InChI=1S/C13H21BrN4/c1-4-11-12(5-2)16-17-13(15-11)18(3)8-9-6-10(14)7-9/h9-10H,4-8H2,1-3H3. The molecule has 1 aromatic heterocycles. The van der Waals surface area contributed by atoms with Crippen LogP contribution in [-0.4, -0.2) is 33.6 Å². The van der Waals surface area contributed by atoms with Crippen LogP contribution in [0.1, 0.15) is 38.1 Å². The van der Waals surface area contributed by atoms with Crippen LogP contribution in [0.2, 0.25) is 0 Å². The first kappa shape index (κ1) is 13.7. The molecule has 0 aromatic carbocycles. The number of anilines is 1. The Morgan fingerprint density at radius 1 is 1.17 bits per heavy atom. The van der Waals surface area contributed by atoms with Gasteiger partial charge in [-0.1, -0.05) is 29.8 Å². The molecule has 4 nitrogen and oxygen atoms in total. The number of aryl methyl sites for hydroxylation is 2. The van der Waals surface area contributed by atoms with E-state index in [1.54, 1.807) is 0 Å². The zero-order chi connectivity index (χ0) is 13.1. The van der Waals surface area contributed by atoms with E-state index >= 15 is 0 Å². The molecule has 1 saturated carbocycles. The highest BCUT2D eigenvalue weighted by Gasteiger charge is 2.28. The number of hydrogen-bond donors (Lipinski definition) is 0. The minimum Gasteiger partial charge on any atom is -0.342 e. The lowest BCUT2D eigenvalue weighted by Gasteiger charge is -2.34.